The minimum Gasteiger partial charge on any atom is -0.309 e. The summed E-state index contributed by atoms with van der Waals surface area (Å²) in [5, 5.41) is 2.90. The largest absolute Gasteiger partial charge is 0.309 e. The Balaban J connectivity index is 2.52. The molecule has 0 spiro atoms. The summed E-state index contributed by atoms with van der Waals surface area (Å²) in [6, 6.07) is 6.80. The number of rotatable bonds is 3. The van der Waals surface area contributed by atoms with Gasteiger partial charge in [-0.05, 0) is 42.9 Å². The monoisotopic (exact) mass is 329 g/mol. The molecule has 0 amide bonds. The fraction of sp³-hybridized carbons (Fsp3) is 0.143. The highest BCUT2D eigenvalue weighted by molar-refractivity contribution is 9.10. The number of halogens is 4. The van der Waals surface area contributed by atoms with E-state index in [2.05, 4.69) is 21.2 Å². The molecule has 1 unspecified atom stereocenters. The van der Waals surface area contributed by atoms with E-state index in [1.807, 2.05) is 0 Å². The average molecular weight is 330 g/mol. The van der Waals surface area contributed by atoms with E-state index in [1.165, 1.54) is 18.2 Å². The zero-order valence-electron chi connectivity index (χ0n) is 10.1. The summed E-state index contributed by atoms with van der Waals surface area (Å²) in [6.07, 6.45) is 0. The van der Waals surface area contributed by atoms with Crippen molar-refractivity contribution in [1.82, 2.24) is 5.32 Å². The number of nitrogens with one attached hydrogen (secondary N) is 1. The van der Waals surface area contributed by atoms with Crippen molar-refractivity contribution in [2.45, 2.75) is 6.04 Å². The van der Waals surface area contributed by atoms with E-state index < -0.39 is 23.5 Å². The highest BCUT2D eigenvalue weighted by atomic mass is 79.9. The van der Waals surface area contributed by atoms with Gasteiger partial charge in [0.25, 0.3) is 0 Å². The summed E-state index contributed by atoms with van der Waals surface area (Å²) in [6.45, 7) is 0. The highest BCUT2D eigenvalue weighted by Gasteiger charge is 2.19. The van der Waals surface area contributed by atoms with E-state index in [0.717, 1.165) is 18.2 Å². The lowest BCUT2D eigenvalue weighted by atomic mass is 9.98. The molecule has 2 rings (SSSR count). The van der Waals surface area contributed by atoms with Crippen LogP contribution in [0.2, 0.25) is 0 Å². The van der Waals surface area contributed by atoms with Crippen LogP contribution in [0.1, 0.15) is 17.2 Å². The predicted molar refractivity (Wildman–Crippen MR) is 71.4 cm³/mol. The quantitative estimate of drug-likeness (QED) is 0.890. The fourth-order valence-corrected chi connectivity index (χ4v) is 2.53. The molecule has 2 aromatic rings. The second kappa shape index (κ2) is 5.75. The van der Waals surface area contributed by atoms with Crippen molar-refractivity contribution in [3.05, 3.63) is 69.4 Å². The molecule has 2 aromatic carbocycles. The maximum Gasteiger partial charge on any atom is 0.128 e. The first-order valence-corrected chi connectivity index (χ1v) is 6.39. The molecular weight excluding hydrogens is 319 g/mol. The summed E-state index contributed by atoms with van der Waals surface area (Å²) in [4.78, 5) is 0. The normalized spacial score (nSPS) is 12.5. The van der Waals surface area contributed by atoms with Gasteiger partial charge in [0, 0.05) is 10.0 Å². The molecule has 1 atom stereocenters. The first kappa shape index (κ1) is 14.1. The molecule has 0 radical (unpaired) electrons. The molecular formula is C14H11BrF3N. The van der Waals surface area contributed by atoms with E-state index >= 15 is 0 Å². The van der Waals surface area contributed by atoms with Crippen molar-refractivity contribution in [1.29, 1.82) is 0 Å². The minimum absolute atomic E-state index is 0.176. The van der Waals surface area contributed by atoms with Gasteiger partial charge in [0.15, 0.2) is 0 Å². The van der Waals surface area contributed by atoms with E-state index in [4.69, 9.17) is 0 Å². The zero-order chi connectivity index (χ0) is 14.0. The smallest absolute Gasteiger partial charge is 0.128 e. The third kappa shape index (κ3) is 2.98. The molecule has 0 saturated carbocycles. The van der Waals surface area contributed by atoms with Crippen LogP contribution in [-0.2, 0) is 0 Å². The maximum atomic E-state index is 13.8. The molecule has 100 valence electrons. The number of benzene rings is 2. The minimum atomic E-state index is -0.564. The summed E-state index contributed by atoms with van der Waals surface area (Å²) < 4.78 is 40.6. The Labute approximate surface area is 117 Å². The summed E-state index contributed by atoms with van der Waals surface area (Å²) in [5.41, 5.74) is 0.809. The highest BCUT2D eigenvalue weighted by Crippen LogP contribution is 2.30. The lowest BCUT2D eigenvalue weighted by molar-refractivity contribution is 0.556. The van der Waals surface area contributed by atoms with Crippen molar-refractivity contribution >= 4 is 15.9 Å². The second-order valence-corrected chi connectivity index (χ2v) is 4.91. The van der Waals surface area contributed by atoms with Crippen LogP contribution < -0.4 is 5.32 Å². The topological polar surface area (TPSA) is 12.0 Å². The molecule has 0 fully saturated rings. The summed E-state index contributed by atoms with van der Waals surface area (Å²) >= 11 is 3.23. The Hall–Kier alpha value is -1.33. The first-order chi connectivity index (χ1) is 9.02. The van der Waals surface area contributed by atoms with Crippen molar-refractivity contribution in [3.8, 4) is 0 Å². The van der Waals surface area contributed by atoms with Crippen LogP contribution in [0.15, 0.2) is 40.9 Å². The summed E-state index contributed by atoms with van der Waals surface area (Å²) in [5.74, 6) is -1.43. The van der Waals surface area contributed by atoms with Crippen molar-refractivity contribution in [2.75, 3.05) is 7.05 Å². The molecule has 0 aliphatic rings. The zero-order valence-corrected chi connectivity index (χ0v) is 11.6. The molecule has 5 heteroatoms. The van der Waals surface area contributed by atoms with Gasteiger partial charge in [-0.15, -0.1) is 0 Å². The molecule has 0 saturated heterocycles. The molecule has 0 heterocycles. The van der Waals surface area contributed by atoms with Crippen LogP contribution >= 0.6 is 15.9 Å². The Kier molecular flexibility index (Phi) is 4.27. The van der Waals surface area contributed by atoms with Gasteiger partial charge in [-0.3, -0.25) is 0 Å². The third-order valence-electron chi connectivity index (χ3n) is 2.83. The van der Waals surface area contributed by atoms with Crippen molar-refractivity contribution in [2.24, 2.45) is 0 Å². The summed E-state index contributed by atoms with van der Waals surface area (Å²) in [7, 11) is 1.63. The van der Waals surface area contributed by atoms with Gasteiger partial charge < -0.3 is 5.32 Å². The standard InChI is InChI=1S/C14H11BrF3N/c1-19-14(10-4-2-9(17)7-12(10)15)11-6-8(16)3-5-13(11)18/h2-7,14,19H,1H3. The number of hydrogen-bond donors (Lipinski definition) is 1. The second-order valence-electron chi connectivity index (χ2n) is 4.05. The van der Waals surface area contributed by atoms with E-state index in [0.29, 0.717) is 10.0 Å². The van der Waals surface area contributed by atoms with Crippen LogP contribution in [0.5, 0.6) is 0 Å². The van der Waals surface area contributed by atoms with Gasteiger partial charge in [0.2, 0.25) is 0 Å². The van der Waals surface area contributed by atoms with Gasteiger partial charge in [-0.1, -0.05) is 22.0 Å². The first-order valence-electron chi connectivity index (χ1n) is 5.60. The van der Waals surface area contributed by atoms with Gasteiger partial charge >= 0.3 is 0 Å². The van der Waals surface area contributed by atoms with Crippen LogP contribution in [0.25, 0.3) is 0 Å². The van der Waals surface area contributed by atoms with Gasteiger partial charge in [0.1, 0.15) is 17.5 Å². The molecule has 1 N–H and O–H groups in total. The average Bonchev–Trinajstić information content (AvgIpc) is 2.36. The Morgan fingerprint density at radius 1 is 0.947 bits per heavy atom. The Morgan fingerprint density at radius 2 is 1.58 bits per heavy atom. The molecule has 0 aromatic heterocycles. The Bertz CT molecular complexity index is 601. The predicted octanol–water partition coefficient (Wildman–Crippen LogP) is 4.18. The van der Waals surface area contributed by atoms with Gasteiger partial charge in [0.05, 0.1) is 6.04 Å². The van der Waals surface area contributed by atoms with Crippen molar-refractivity contribution in [3.63, 3.8) is 0 Å². The number of hydrogen-bond acceptors (Lipinski definition) is 1. The van der Waals surface area contributed by atoms with E-state index in [-0.39, 0.29) is 5.56 Å². The van der Waals surface area contributed by atoms with Crippen LogP contribution in [0.3, 0.4) is 0 Å². The lowest BCUT2D eigenvalue weighted by Crippen LogP contribution is -2.19. The lowest BCUT2D eigenvalue weighted by Gasteiger charge is -2.19. The van der Waals surface area contributed by atoms with Crippen molar-refractivity contribution < 1.29 is 13.2 Å². The van der Waals surface area contributed by atoms with Gasteiger partial charge in [-0.25, -0.2) is 13.2 Å². The maximum absolute atomic E-state index is 13.8. The van der Waals surface area contributed by atoms with E-state index in [1.54, 1.807) is 7.05 Å². The molecule has 0 aliphatic heterocycles. The third-order valence-corrected chi connectivity index (χ3v) is 3.52. The van der Waals surface area contributed by atoms with Gasteiger partial charge in [-0.2, -0.15) is 0 Å². The van der Waals surface area contributed by atoms with Crippen LogP contribution in [0, 0.1) is 17.5 Å². The fourth-order valence-electron chi connectivity index (χ4n) is 1.95. The van der Waals surface area contributed by atoms with E-state index in [9.17, 15) is 13.2 Å². The molecule has 1 nitrogen and oxygen atoms in total. The van der Waals surface area contributed by atoms with Crippen LogP contribution in [-0.4, -0.2) is 7.05 Å². The Morgan fingerprint density at radius 3 is 2.21 bits per heavy atom. The molecule has 19 heavy (non-hydrogen) atoms. The van der Waals surface area contributed by atoms with Crippen LogP contribution in [0.4, 0.5) is 13.2 Å². The molecule has 0 aliphatic carbocycles. The molecule has 0 bridgehead atoms. The SMILES string of the molecule is CNC(c1cc(F)ccc1F)c1ccc(F)cc1Br.